The molecule has 3 aromatic rings. The van der Waals surface area contributed by atoms with Gasteiger partial charge in [-0.1, -0.05) is 30.3 Å². The molecule has 0 fully saturated rings. The highest BCUT2D eigenvalue weighted by Crippen LogP contribution is 2.38. The maximum absolute atomic E-state index is 13.2. The number of carboxylic acid groups (broad SMARTS) is 1. The summed E-state index contributed by atoms with van der Waals surface area (Å²) in [7, 11) is 0. The van der Waals surface area contributed by atoms with Crippen molar-refractivity contribution >= 4 is 29.1 Å². The predicted molar refractivity (Wildman–Crippen MR) is 136 cm³/mol. The fourth-order valence-corrected chi connectivity index (χ4v) is 3.68. The van der Waals surface area contributed by atoms with Crippen LogP contribution in [0.2, 0.25) is 0 Å². The Morgan fingerprint density at radius 2 is 1.81 bits per heavy atom. The van der Waals surface area contributed by atoms with Gasteiger partial charge < -0.3 is 14.9 Å². The number of rotatable bonds is 6. The van der Waals surface area contributed by atoms with Gasteiger partial charge in [-0.2, -0.15) is 15.2 Å². The summed E-state index contributed by atoms with van der Waals surface area (Å²) >= 11 is 0. The zero-order valence-corrected chi connectivity index (χ0v) is 20.3. The summed E-state index contributed by atoms with van der Waals surface area (Å²) in [4.78, 5) is 24.6. The van der Waals surface area contributed by atoms with Gasteiger partial charge in [-0.25, -0.2) is 4.79 Å². The highest BCUT2D eigenvalue weighted by molar-refractivity contribution is 6.16. The number of hydrogen-bond acceptors (Lipinski definition) is 7. The Labute approximate surface area is 208 Å². The number of azo groups is 1. The molecule has 4 rings (SSSR count). The first-order valence-electron chi connectivity index (χ1n) is 11.4. The molecule has 1 heterocycles. The number of aryl methyl sites for hydroxylation is 2. The Bertz CT molecular complexity index is 1400. The summed E-state index contributed by atoms with van der Waals surface area (Å²) in [6.07, 6.45) is -0.243. The van der Waals surface area contributed by atoms with Crippen LogP contribution in [0.3, 0.4) is 0 Å². The number of phenols is 1. The number of carbonyl (C=O) groups excluding carboxylic acids is 1. The molecule has 0 aromatic heterocycles. The van der Waals surface area contributed by atoms with Crippen molar-refractivity contribution in [3.8, 4) is 16.9 Å². The first kappa shape index (κ1) is 24.6. The second-order valence-electron chi connectivity index (χ2n) is 8.70. The van der Waals surface area contributed by atoms with Gasteiger partial charge in [-0.3, -0.25) is 4.79 Å². The molecule has 0 bridgehead atoms. The molecular formula is C27H26N4O5. The van der Waals surface area contributed by atoms with E-state index >= 15 is 0 Å². The van der Waals surface area contributed by atoms with E-state index in [1.807, 2.05) is 39.8 Å². The molecule has 9 nitrogen and oxygen atoms in total. The SMILES string of the molecule is Cc1ccc(N2N=C(OC(C)C)C(N=Nc3cccc(-c4cccc(C(=O)O)c4)c3O)C2=O)cc1C. The zero-order chi connectivity index (χ0) is 26.0. The zero-order valence-electron chi connectivity index (χ0n) is 20.3. The third kappa shape index (κ3) is 4.95. The van der Waals surface area contributed by atoms with E-state index in [1.54, 1.807) is 36.4 Å². The van der Waals surface area contributed by atoms with Crippen molar-refractivity contribution in [3.05, 3.63) is 77.4 Å². The smallest absolute Gasteiger partial charge is 0.335 e. The van der Waals surface area contributed by atoms with Gasteiger partial charge in [0.1, 0.15) is 5.69 Å². The van der Waals surface area contributed by atoms with Crippen molar-refractivity contribution in [2.45, 2.75) is 39.8 Å². The average molecular weight is 487 g/mol. The summed E-state index contributed by atoms with van der Waals surface area (Å²) in [6.45, 7) is 7.58. The van der Waals surface area contributed by atoms with E-state index in [2.05, 4.69) is 15.3 Å². The summed E-state index contributed by atoms with van der Waals surface area (Å²) in [6, 6.07) is 15.5. The molecule has 9 heteroatoms. The maximum atomic E-state index is 13.2. The Morgan fingerprint density at radius 1 is 1.06 bits per heavy atom. The number of nitrogens with zero attached hydrogens (tertiary/aromatic N) is 4. The Hall–Kier alpha value is -4.53. The summed E-state index contributed by atoms with van der Waals surface area (Å²) in [5, 5.41) is 34.1. The van der Waals surface area contributed by atoms with E-state index in [0.717, 1.165) is 11.1 Å². The Balaban J connectivity index is 1.66. The van der Waals surface area contributed by atoms with Crippen molar-refractivity contribution in [2.75, 3.05) is 5.01 Å². The summed E-state index contributed by atoms with van der Waals surface area (Å²) in [5.74, 6) is -1.58. The van der Waals surface area contributed by atoms with Crippen molar-refractivity contribution in [2.24, 2.45) is 15.3 Å². The number of benzene rings is 3. The molecule has 1 unspecified atom stereocenters. The van der Waals surface area contributed by atoms with Crippen LogP contribution in [0.5, 0.6) is 5.75 Å². The standard InChI is InChI=1S/C27H26N4O5/c1-15(2)36-25-23(26(33)31(30-25)20-12-11-16(3)17(4)13-20)29-28-22-10-6-9-21(24(22)32)18-7-5-8-19(14-18)27(34)35/h5-15,23,32H,1-4H3,(H,34,35). The van der Waals surface area contributed by atoms with Crippen LogP contribution in [0, 0.1) is 13.8 Å². The minimum atomic E-state index is -1.12. The van der Waals surface area contributed by atoms with Crippen LogP contribution in [0.4, 0.5) is 11.4 Å². The average Bonchev–Trinajstić information content (AvgIpc) is 3.14. The lowest BCUT2D eigenvalue weighted by Gasteiger charge is -2.13. The van der Waals surface area contributed by atoms with Gasteiger partial charge in [0.15, 0.2) is 5.75 Å². The minimum absolute atomic E-state index is 0.0913. The number of anilines is 1. The van der Waals surface area contributed by atoms with Crippen molar-refractivity contribution in [1.29, 1.82) is 0 Å². The monoisotopic (exact) mass is 486 g/mol. The Morgan fingerprint density at radius 3 is 2.50 bits per heavy atom. The van der Waals surface area contributed by atoms with E-state index in [1.165, 1.54) is 17.1 Å². The van der Waals surface area contributed by atoms with Gasteiger partial charge in [0.05, 0.1) is 17.4 Å². The van der Waals surface area contributed by atoms with Crippen molar-refractivity contribution in [3.63, 3.8) is 0 Å². The lowest BCUT2D eigenvalue weighted by atomic mass is 10.0. The highest BCUT2D eigenvalue weighted by atomic mass is 16.5. The first-order chi connectivity index (χ1) is 17.2. The number of carbonyl (C=O) groups is 2. The number of phenolic OH excluding ortho intramolecular Hbond substituents is 1. The number of aromatic carboxylic acids is 1. The summed E-state index contributed by atoms with van der Waals surface area (Å²) in [5.41, 5.74) is 3.80. The third-order valence-electron chi connectivity index (χ3n) is 5.68. The van der Waals surface area contributed by atoms with Crippen LogP contribution in [-0.2, 0) is 9.53 Å². The van der Waals surface area contributed by atoms with Gasteiger partial charge in [-0.15, -0.1) is 5.10 Å². The molecular weight excluding hydrogens is 460 g/mol. The lowest BCUT2D eigenvalue weighted by Crippen LogP contribution is -2.32. The van der Waals surface area contributed by atoms with Crippen molar-refractivity contribution < 1.29 is 24.5 Å². The summed E-state index contributed by atoms with van der Waals surface area (Å²) < 4.78 is 5.76. The van der Waals surface area contributed by atoms with Crippen molar-refractivity contribution in [1.82, 2.24) is 0 Å². The normalized spacial score (nSPS) is 15.6. The fourth-order valence-electron chi connectivity index (χ4n) is 3.68. The maximum Gasteiger partial charge on any atom is 0.335 e. The second kappa shape index (κ2) is 9.99. The van der Waals surface area contributed by atoms with E-state index < -0.39 is 17.9 Å². The predicted octanol–water partition coefficient (Wildman–Crippen LogP) is 5.61. The van der Waals surface area contributed by atoms with Crippen LogP contribution < -0.4 is 5.01 Å². The van der Waals surface area contributed by atoms with Crippen LogP contribution in [0.1, 0.15) is 35.3 Å². The van der Waals surface area contributed by atoms with Gasteiger partial charge >= 0.3 is 5.97 Å². The molecule has 1 atom stereocenters. The van der Waals surface area contributed by atoms with E-state index in [9.17, 15) is 19.8 Å². The third-order valence-corrected chi connectivity index (χ3v) is 5.68. The molecule has 1 aliphatic rings. The highest BCUT2D eigenvalue weighted by Gasteiger charge is 2.39. The van der Waals surface area contributed by atoms with Crippen LogP contribution in [0.15, 0.2) is 76.0 Å². The van der Waals surface area contributed by atoms with Crippen LogP contribution in [-0.4, -0.2) is 40.1 Å². The molecule has 0 saturated carbocycles. The van der Waals surface area contributed by atoms with Gasteiger partial charge in [0, 0.05) is 5.56 Å². The van der Waals surface area contributed by atoms with Crippen LogP contribution in [0.25, 0.3) is 11.1 Å². The molecule has 1 amide bonds. The first-order valence-corrected chi connectivity index (χ1v) is 11.4. The van der Waals surface area contributed by atoms with E-state index in [4.69, 9.17) is 4.74 Å². The quantitative estimate of drug-likeness (QED) is 0.438. The van der Waals surface area contributed by atoms with Gasteiger partial charge in [0.25, 0.3) is 5.91 Å². The second-order valence-corrected chi connectivity index (χ2v) is 8.70. The molecule has 36 heavy (non-hydrogen) atoms. The lowest BCUT2D eigenvalue weighted by molar-refractivity contribution is -0.118. The largest absolute Gasteiger partial charge is 0.505 e. The van der Waals surface area contributed by atoms with Gasteiger partial charge in [0.2, 0.25) is 11.9 Å². The number of amides is 1. The number of ether oxygens (including phenoxy) is 1. The molecule has 0 spiro atoms. The molecule has 0 radical (unpaired) electrons. The molecule has 1 aliphatic heterocycles. The number of para-hydroxylation sites is 1. The minimum Gasteiger partial charge on any atom is -0.505 e. The molecule has 0 saturated heterocycles. The number of aromatic hydroxyl groups is 1. The molecule has 2 N–H and O–H groups in total. The number of hydrazone groups is 1. The topological polar surface area (TPSA) is 124 Å². The molecule has 3 aromatic carbocycles. The van der Waals surface area contributed by atoms with Crippen LogP contribution >= 0.6 is 0 Å². The van der Waals surface area contributed by atoms with Gasteiger partial charge in [-0.05, 0) is 74.7 Å². The number of carboxylic acids is 1. The molecule has 0 aliphatic carbocycles. The van der Waals surface area contributed by atoms with E-state index in [-0.39, 0.29) is 29.0 Å². The Kier molecular flexibility index (Phi) is 6.82. The number of hydrogen-bond donors (Lipinski definition) is 2. The van der Waals surface area contributed by atoms with E-state index in [0.29, 0.717) is 16.8 Å². The fraction of sp³-hybridized carbons (Fsp3) is 0.222. The molecule has 184 valence electrons.